The first kappa shape index (κ1) is 14.0. The van der Waals surface area contributed by atoms with Crippen LogP contribution in [0.4, 0.5) is 5.69 Å². The third kappa shape index (κ3) is 5.31. The van der Waals surface area contributed by atoms with E-state index in [2.05, 4.69) is 5.32 Å². The molecule has 0 aromatic heterocycles. The number of nitrogens with one attached hydrogen (secondary N) is 1. The number of hydrogen-bond donors (Lipinski definition) is 2. The van der Waals surface area contributed by atoms with Crippen LogP contribution < -0.4 is 10.1 Å². The van der Waals surface area contributed by atoms with Crippen molar-refractivity contribution >= 4 is 17.6 Å². The predicted molar refractivity (Wildman–Crippen MR) is 64.7 cm³/mol. The van der Waals surface area contributed by atoms with Gasteiger partial charge in [-0.2, -0.15) is 0 Å². The number of aliphatic carboxylic acids is 1. The van der Waals surface area contributed by atoms with E-state index in [-0.39, 0.29) is 0 Å². The van der Waals surface area contributed by atoms with E-state index in [1.807, 2.05) is 0 Å². The molecule has 0 radical (unpaired) electrons. The van der Waals surface area contributed by atoms with Crippen molar-refractivity contribution in [2.75, 3.05) is 25.6 Å². The van der Waals surface area contributed by atoms with E-state index in [9.17, 15) is 9.59 Å². The molecule has 0 bridgehead atoms. The lowest BCUT2D eigenvalue weighted by atomic mass is 10.3. The van der Waals surface area contributed by atoms with Crippen LogP contribution in [0.3, 0.4) is 0 Å². The molecule has 0 spiro atoms. The van der Waals surface area contributed by atoms with Gasteiger partial charge in [0.2, 0.25) is 5.91 Å². The Morgan fingerprint density at radius 1 is 1.33 bits per heavy atom. The van der Waals surface area contributed by atoms with Gasteiger partial charge in [0, 0.05) is 18.9 Å². The van der Waals surface area contributed by atoms with E-state index < -0.39 is 18.3 Å². The van der Waals surface area contributed by atoms with Crippen LogP contribution in [-0.2, 0) is 14.3 Å². The molecule has 98 valence electrons. The number of anilines is 1. The quantitative estimate of drug-likeness (QED) is 0.562. The molecule has 6 heteroatoms. The highest BCUT2D eigenvalue weighted by Gasteiger charge is 2.07. The Bertz CT molecular complexity index is 419. The summed E-state index contributed by atoms with van der Waals surface area (Å²) in [7, 11) is 1.58. The SMILES string of the molecule is COCCOc1cccc(NC(=O)CC(=O)O)c1. The van der Waals surface area contributed by atoms with Crippen LogP contribution in [0, 0.1) is 0 Å². The van der Waals surface area contributed by atoms with E-state index in [1.54, 1.807) is 31.4 Å². The third-order valence-electron chi connectivity index (χ3n) is 1.99. The van der Waals surface area contributed by atoms with Crippen molar-refractivity contribution in [3.8, 4) is 5.75 Å². The molecule has 1 rings (SSSR count). The summed E-state index contributed by atoms with van der Waals surface area (Å²) in [6.45, 7) is 0.874. The molecule has 0 heterocycles. The number of carboxylic acids is 1. The Balaban J connectivity index is 2.53. The minimum atomic E-state index is -1.17. The fraction of sp³-hybridized carbons (Fsp3) is 0.333. The average molecular weight is 253 g/mol. The molecule has 0 unspecified atom stereocenters. The van der Waals surface area contributed by atoms with E-state index in [0.717, 1.165) is 0 Å². The highest BCUT2D eigenvalue weighted by molar-refractivity contribution is 6.01. The van der Waals surface area contributed by atoms with Gasteiger partial charge in [0.1, 0.15) is 18.8 Å². The van der Waals surface area contributed by atoms with Gasteiger partial charge in [0.25, 0.3) is 0 Å². The second-order valence-corrected chi connectivity index (χ2v) is 3.49. The van der Waals surface area contributed by atoms with Crippen molar-refractivity contribution in [2.45, 2.75) is 6.42 Å². The Kier molecular flexibility index (Phi) is 5.66. The van der Waals surface area contributed by atoms with Gasteiger partial charge in [-0.3, -0.25) is 9.59 Å². The lowest BCUT2D eigenvalue weighted by molar-refractivity contribution is -0.139. The van der Waals surface area contributed by atoms with Crippen molar-refractivity contribution in [1.82, 2.24) is 0 Å². The van der Waals surface area contributed by atoms with Crippen molar-refractivity contribution < 1.29 is 24.2 Å². The van der Waals surface area contributed by atoms with Gasteiger partial charge in [-0.25, -0.2) is 0 Å². The molecule has 0 aliphatic rings. The third-order valence-corrected chi connectivity index (χ3v) is 1.99. The first-order valence-electron chi connectivity index (χ1n) is 5.35. The normalized spacial score (nSPS) is 9.83. The summed E-state index contributed by atoms with van der Waals surface area (Å²) in [6.07, 6.45) is -0.561. The van der Waals surface area contributed by atoms with Crippen LogP contribution in [0.2, 0.25) is 0 Å². The fourth-order valence-corrected chi connectivity index (χ4v) is 1.25. The van der Waals surface area contributed by atoms with Crippen molar-refractivity contribution in [1.29, 1.82) is 0 Å². The number of benzene rings is 1. The summed E-state index contributed by atoms with van der Waals surface area (Å²) in [6, 6.07) is 6.72. The Hall–Kier alpha value is -2.08. The second-order valence-electron chi connectivity index (χ2n) is 3.49. The van der Waals surface area contributed by atoms with Gasteiger partial charge in [-0.05, 0) is 12.1 Å². The van der Waals surface area contributed by atoms with Crippen LogP contribution >= 0.6 is 0 Å². The van der Waals surface area contributed by atoms with Crippen LogP contribution in [0.5, 0.6) is 5.75 Å². The molecule has 0 atom stereocenters. The summed E-state index contributed by atoms with van der Waals surface area (Å²) in [5.41, 5.74) is 0.496. The van der Waals surface area contributed by atoms with Crippen molar-refractivity contribution in [2.24, 2.45) is 0 Å². The highest BCUT2D eigenvalue weighted by Crippen LogP contribution is 2.17. The molecule has 0 fully saturated rings. The van der Waals surface area contributed by atoms with Gasteiger partial charge in [0.15, 0.2) is 0 Å². The van der Waals surface area contributed by atoms with Crippen LogP contribution in [0.1, 0.15) is 6.42 Å². The summed E-state index contributed by atoms with van der Waals surface area (Å²) in [5, 5.41) is 10.9. The van der Waals surface area contributed by atoms with Crippen molar-refractivity contribution in [3.63, 3.8) is 0 Å². The van der Waals surface area contributed by atoms with E-state index in [4.69, 9.17) is 14.6 Å². The first-order valence-corrected chi connectivity index (χ1v) is 5.35. The molecule has 6 nitrogen and oxygen atoms in total. The smallest absolute Gasteiger partial charge is 0.312 e. The molecular formula is C12H15NO5. The van der Waals surface area contributed by atoms with Gasteiger partial charge in [-0.1, -0.05) is 6.07 Å². The number of ether oxygens (including phenoxy) is 2. The van der Waals surface area contributed by atoms with Crippen LogP contribution in [0.15, 0.2) is 24.3 Å². The zero-order valence-corrected chi connectivity index (χ0v) is 10.0. The molecular weight excluding hydrogens is 238 g/mol. The first-order chi connectivity index (χ1) is 8.61. The predicted octanol–water partition coefficient (Wildman–Crippen LogP) is 1.13. The van der Waals surface area contributed by atoms with Gasteiger partial charge in [-0.15, -0.1) is 0 Å². The Morgan fingerprint density at radius 2 is 2.11 bits per heavy atom. The summed E-state index contributed by atoms with van der Waals surface area (Å²) in [4.78, 5) is 21.6. The molecule has 1 aromatic rings. The number of carboxylic acid groups (broad SMARTS) is 1. The van der Waals surface area contributed by atoms with Gasteiger partial charge in [0.05, 0.1) is 6.61 Å². The lowest BCUT2D eigenvalue weighted by Gasteiger charge is -2.08. The molecule has 1 amide bonds. The topological polar surface area (TPSA) is 84.9 Å². The minimum absolute atomic E-state index is 0.406. The number of hydrogen-bond acceptors (Lipinski definition) is 4. The van der Waals surface area contributed by atoms with Gasteiger partial charge >= 0.3 is 5.97 Å². The molecule has 18 heavy (non-hydrogen) atoms. The van der Waals surface area contributed by atoms with Gasteiger partial charge < -0.3 is 19.9 Å². The average Bonchev–Trinajstić information content (AvgIpc) is 2.28. The molecule has 0 aliphatic carbocycles. The number of rotatable bonds is 7. The molecule has 0 saturated heterocycles. The van der Waals surface area contributed by atoms with Crippen LogP contribution in [0.25, 0.3) is 0 Å². The zero-order valence-electron chi connectivity index (χ0n) is 10.0. The standard InChI is InChI=1S/C12H15NO5/c1-17-5-6-18-10-4-2-3-9(7-10)13-11(14)8-12(15)16/h2-4,7H,5-6,8H2,1H3,(H,13,14)(H,15,16). The van der Waals surface area contributed by atoms with E-state index in [0.29, 0.717) is 24.7 Å². The second kappa shape index (κ2) is 7.29. The maximum Gasteiger partial charge on any atom is 0.312 e. The Morgan fingerprint density at radius 3 is 2.78 bits per heavy atom. The van der Waals surface area contributed by atoms with E-state index >= 15 is 0 Å². The largest absolute Gasteiger partial charge is 0.491 e. The minimum Gasteiger partial charge on any atom is -0.491 e. The number of carbonyl (C=O) groups excluding carboxylic acids is 1. The summed E-state index contributed by atoms with van der Waals surface area (Å²) >= 11 is 0. The van der Waals surface area contributed by atoms with Crippen LogP contribution in [-0.4, -0.2) is 37.3 Å². The number of methoxy groups -OCH3 is 1. The van der Waals surface area contributed by atoms with E-state index in [1.165, 1.54) is 0 Å². The molecule has 2 N–H and O–H groups in total. The molecule has 0 aliphatic heterocycles. The number of carbonyl (C=O) groups is 2. The Labute approximate surface area is 105 Å². The maximum absolute atomic E-state index is 11.2. The monoisotopic (exact) mass is 253 g/mol. The molecule has 1 aromatic carbocycles. The number of amides is 1. The summed E-state index contributed by atoms with van der Waals surface area (Å²) < 4.78 is 10.2. The summed E-state index contributed by atoms with van der Waals surface area (Å²) in [5.74, 6) is -1.16. The lowest BCUT2D eigenvalue weighted by Crippen LogP contribution is -2.15. The molecule has 0 saturated carbocycles. The maximum atomic E-state index is 11.2. The highest BCUT2D eigenvalue weighted by atomic mass is 16.5. The zero-order chi connectivity index (χ0) is 13.4. The fourth-order valence-electron chi connectivity index (χ4n) is 1.25. The van der Waals surface area contributed by atoms with Crippen molar-refractivity contribution in [3.05, 3.63) is 24.3 Å².